The fraction of sp³-hybridized carbons (Fsp3) is 0.222. The zero-order chi connectivity index (χ0) is 15.1. The van der Waals surface area contributed by atoms with E-state index in [4.69, 9.17) is 0 Å². The molecule has 0 heterocycles. The summed E-state index contributed by atoms with van der Waals surface area (Å²) in [6, 6.07) is 18.2. The van der Waals surface area contributed by atoms with Gasteiger partial charge in [0.05, 0.1) is 6.42 Å². The first-order valence-corrected chi connectivity index (χ1v) is 7.14. The molecule has 21 heavy (non-hydrogen) atoms. The summed E-state index contributed by atoms with van der Waals surface area (Å²) in [5.74, 6) is 0.00441. The molecule has 0 saturated carbocycles. The van der Waals surface area contributed by atoms with Gasteiger partial charge in [0.1, 0.15) is 0 Å². The molecule has 0 radical (unpaired) electrons. The van der Waals surface area contributed by atoms with Crippen LogP contribution in [0, 0.1) is 5.21 Å². The van der Waals surface area contributed by atoms with E-state index in [-0.39, 0.29) is 18.2 Å². The van der Waals surface area contributed by atoms with Crippen LogP contribution in [0.2, 0.25) is 0 Å². The van der Waals surface area contributed by atoms with Crippen LogP contribution in [0.15, 0.2) is 60.7 Å². The van der Waals surface area contributed by atoms with E-state index >= 15 is 0 Å². The van der Waals surface area contributed by atoms with E-state index in [1.165, 1.54) is 0 Å². The summed E-state index contributed by atoms with van der Waals surface area (Å²) in [5.41, 5.74) is 1.50. The van der Waals surface area contributed by atoms with Gasteiger partial charge in [0, 0.05) is 17.5 Å². The smallest absolute Gasteiger partial charge is 0.182 e. The van der Waals surface area contributed by atoms with Gasteiger partial charge in [-0.25, -0.2) is 4.74 Å². The first-order chi connectivity index (χ1) is 10.2. The minimum absolute atomic E-state index is 0.00441. The average Bonchev–Trinajstić information content (AvgIpc) is 2.54. The molecule has 0 aliphatic carbocycles. The van der Waals surface area contributed by atoms with E-state index in [2.05, 4.69) is 0 Å². The number of hydrogen-bond donors (Lipinski definition) is 0. The summed E-state index contributed by atoms with van der Waals surface area (Å²) in [4.78, 5) is 12.2. The molecule has 2 rings (SSSR count). The standard InChI is InChI=1S/C18H19NO2/c1-2-17(13-18(20)16-11-7-4-8-12-16)19(21)14-15-9-5-3-6-10-15/h3-12,14,17H,2,13H2,1H3/b19-14-. The van der Waals surface area contributed by atoms with Crippen molar-refractivity contribution in [2.24, 2.45) is 0 Å². The average molecular weight is 281 g/mol. The van der Waals surface area contributed by atoms with Crippen LogP contribution in [0.3, 0.4) is 0 Å². The highest BCUT2D eigenvalue weighted by atomic mass is 16.5. The van der Waals surface area contributed by atoms with Crippen LogP contribution in [0.5, 0.6) is 0 Å². The van der Waals surface area contributed by atoms with E-state index in [9.17, 15) is 10.0 Å². The van der Waals surface area contributed by atoms with Crippen molar-refractivity contribution in [1.29, 1.82) is 0 Å². The van der Waals surface area contributed by atoms with Gasteiger partial charge < -0.3 is 5.21 Å². The third-order valence-electron chi connectivity index (χ3n) is 3.42. The lowest BCUT2D eigenvalue weighted by Gasteiger charge is -2.15. The van der Waals surface area contributed by atoms with Gasteiger partial charge in [-0.1, -0.05) is 55.5 Å². The second-order valence-electron chi connectivity index (χ2n) is 4.96. The van der Waals surface area contributed by atoms with Gasteiger partial charge in [-0.2, -0.15) is 0 Å². The Balaban J connectivity index is 2.09. The molecule has 2 aromatic rings. The van der Waals surface area contributed by atoms with Crippen molar-refractivity contribution < 1.29 is 9.53 Å². The highest BCUT2D eigenvalue weighted by molar-refractivity contribution is 5.96. The molecule has 3 heteroatoms. The van der Waals surface area contributed by atoms with Crippen LogP contribution in [0.1, 0.15) is 35.7 Å². The molecule has 0 spiro atoms. The molecule has 0 fully saturated rings. The number of nitrogens with zero attached hydrogens (tertiary/aromatic N) is 1. The fourth-order valence-corrected chi connectivity index (χ4v) is 2.16. The third-order valence-corrected chi connectivity index (χ3v) is 3.42. The minimum Gasteiger partial charge on any atom is -0.624 e. The molecule has 0 aromatic heterocycles. The Morgan fingerprint density at radius 2 is 1.67 bits per heavy atom. The summed E-state index contributed by atoms with van der Waals surface area (Å²) in [5, 5.41) is 12.2. The summed E-state index contributed by atoms with van der Waals surface area (Å²) < 4.78 is 0.899. The quantitative estimate of drug-likeness (QED) is 0.266. The number of rotatable bonds is 6. The van der Waals surface area contributed by atoms with Crippen molar-refractivity contribution in [1.82, 2.24) is 0 Å². The maximum atomic E-state index is 12.2. The lowest BCUT2D eigenvalue weighted by molar-refractivity contribution is -0.495. The molecule has 0 bridgehead atoms. The molecule has 0 amide bonds. The number of ketones is 1. The number of hydroxylamine groups is 1. The Bertz CT molecular complexity index is 606. The van der Waals surface area contributed by atoms with Gasteiger partial charge in [0.15, 0.2) is 18.0 Å². The van der Waals surface area contributed by atoms with Crippen LogP contribution in [-0.2, 0) is 0 Å². The first-order valence-electron chi connectivity index (χ1n) is 7.14. The normalized spacial score (nSPS) is 12.9. The summed E-state index contributed by atoms with van der Waals surface area (Å²) in [7, 11) is 0. The van der Waals surface area contributed by atoms with E-state index in [0.29, 0.717) is 12.0 Å². The number of Topliss-reactive ketones (excluding diaryl/α,β-unsaturated/α-hetero) is 1. The van der Waals surface area contributed by atoms with E-state index < -0.39 is 0 Å². The topological polar surface area (TPSA) is 43.1 Å². The molecule has 2 aromatic carbocycles. The molecule has 1 unspecified atom stereocenters. The van der Waals surface area contributed by atoms with Gasteiger partial charge >= 0.3 is 0 Å². The Labute approximate surface area is 125 Å². The Morgan fingerprint density at radius 3 is 2.24 bits per heavy atom. The maximum absolute atomic E-state index is 12.2. The fourth-order valence-electron chi connectivity index (χ4n) is 2.16. The van der Waals surface area contributed by atoms with Crippen molar-refractivity contribution in [3.8, 4) is 0 Å². The highest BCUT2D eigenvalue weighted by Gasteiger charge is 2.19. The summed E-state index contributed by atoms with van der Waals surface area (Å²) in [6.45, 7) is 1.92. The summed E-state index contributed by atoms with van der Waals surface area (Å²) >= 11 is 0. The Hall–Kier alpha value is -2.42. The molecular weight excluding hydrogens is 262 g/mol. The van der Waals surface area contributed by atoms with Crippen LogP contribution in [0.25, 0.3) is 0 Å². The molecule has 0 aliphatic heterocycles. The van der Waals surface area contributed by atoms with Crippen LogP contribution in [0.4, 0.5) is 0 Å². The highest BCUT2D eigenvalue weighted by Crippen LogP contribution is 2.10. The SMILES string of the molecule is CCC(CC(=O)c1ccccc1)/[N+]([O-])=C/c1ccccc1. The summed E-state index contributed by atoms with van der Waals surface area (Å²) in [6.07, 6.45) is 2.41. The predicted octanol–water partition coefficient (Wildman–Crippen LogP) is 3.67. The van der Waals surface area contributed by atoms with Crippen molar-refractivity contribution in [3.63, 3.8) is 0 Å². The van der Waals surface area contributed by atoms with Crippen molar-refractivity contribution in [2.75, 3.05) is 0 Å². The largest absolute Gasteiger partial charge is 0.624 e. The van der Waals surface area contributed by atoms with Crippen molar-refractivity contribution in [3.05, 3.63) is 77.0 Å². The van der Waals surface area contributed by atoms with Gasteiger partial charge in [-0.15, -0.1) is 0 Å². The molecule has 108 valence electrons. The Kier molecular flexibility index (Phi) is 5.27. The third kappa shape index (κ3) is 4.28. The zero-order valence-corrected chi connectivity index (χ0v) is 12.1. The maximum Gasteiger partial charge on any atom is 0.182 e. The molecule has 0 saturated heterocycles. The van der Waals surface area contributed by atoms with Crippen LogP contribution in [-0.4, -0.2) is 22.8 Å². The molecule has 3 nitrogen and oxygen atoms in total. The van der Waals surface area contributed by atoms with Gasteiger partial charge in [0.2, 0.25) is 0 Å². The molecule has 0 aliphatic rings. The minimum atomic E-state index is -0.335. The number of hydrogen-bond acceptors (Lipinski definition) is 2. The molecule has 0 N–H and O–H groups in total. The van der Waals surface area contributed by atoms with Crippen LogP contribution < -0.4 is 0 Å². The predicted molar refractivity (Wildman–Crippen MR) is 84.7 cm³/mol. The van der Waals surface area contributed by atoms with E-state index in [0.717, 1.165) is 10.3 Å². The van der Waals surface area contributed by atoms with E-state index in [1.54, 1.807) is 18.3 Å². The number of benzene rings is 2. The van der Waals surface area contributed by atoms with E-state index in [1.807, 2.05) is 55.5 Å². The van der Waals surface area contributed by atoms with Gasteiger partial charge in [-0.3, -0.25) is 4.79 Å². The molecule has 1 atom stereocenters. The second kappa shape index (κ2) is 7.39. The van der Waals surface area contributed by atoms with Crippen molar-refractivity contribution >= 4 is 12.0 Å². The van der Waals surface area contributed by atoms with Crippen LogP contribution >= 0.6 is 0 Å². The van der Waals surface area contributed by atoms with Gasteiger partial charge in [0.25, 0.3) is 0 Å². The zero-order valence-electron chi connectivity index (χ0n) is 12.1. The first kappa shape index (κ1) is 15.0. The van der Waals surface area contributed by atoms with Crippen molar-refractivity contribution in [2.45, 2.75) is 25.8 Å². The lowest BCUT2D eigenvalue weighted by atomic mass is 10.0. The second-order valence-corrected chi connectivity index (χ2v) is 4.96. The number of carbonyl (C=O) groups excluding carboxylic acids is 1. The molecular formula is C18H19NO2. The Morgan fingerprint density at radius 1 is 1.10 bits per heavy atom. The number of carbonyl (C=O) groups is 1. The van der Waals surface area contributed by atoms with Gasteiger partial charge in [-0.05, 0) is 12.1 Å². The lowest BCUT2D eigenvalue weighted by Crippen LogP contribution is -2.25. The monoisotopic (exact) mass is 281 g/mol.